The van der Waals surface area contributed by atoms with Gasteiger partial charge in [-0.15, -0.1) is 0 Å². The second-order valence-electron chi connectivity index (χ2n) is 8.08. The van der Waals surface area contributed by atoms with Crippen molar-refractivity contribution in [3.05, 3.63) is 28.7 Å². The molecule has 166 valence electrons. The second kappa shape index (κ2) is 9.34. The van der Waals surface area contributed by atoms with Crippen molar-refractivity contribution in [2.24, 2.45) is 5.92 Å². The lowest BCUT2D eigenvalue weighted by atomic mass is 9.94. The van der Waals surface area contributed by atoms with Crippen molar-refractivity contribution < 1.29 is 17.6 Å². The van der Waals surface area contributed by atoms with Crippen molar-refractivity contribution in [2.45, 2.75) is 70.4 Å². The van der Waals surface area contributed by atoms with Gasteiger partial charge >= 0.3 is 5.76 Å². The fraction of sp³-hybridized carbons (Fsp3) is 0.619. The van der Waals surface area contributed by atoms with Gasteiger partial charge in [-0.1, -0.05) is 13.8 Å². The number of hydrogen-bond acceptors (Lipinski definition) is 5. The molecule has 1 N–H and O–H groups in total. The Hall–Kier alpha value is -2.13. The van der Waals surface area contributed by atoms with Crippen LogP contribution in [0.3, 0.4) is 0 Å². The maximum absolute atomic E-state index is 13.1. The summed E-state index contributed by atoms with van der Waals surface area (Å²) in [6.45, 7) is 7.24. The molecule has 1 fully saturated rings. The van der Waals surface area contributed by atoms with Crippen LogP contribution in [-0.4, -0.2) is 42.3 Å². The largest absolute Gasteiger partial charge is 0.419 e. The third-order valence-corrected chi connectivity index (χ3v) is 7.69. The third-order valence-electron chi connectivity index (χ3n) is 5.79. The molecule has 1 unspecified atom stereocenters. The van der Waals surface area contributed by atoms with Crippen LogP contribution >= 0.6 is 0 Å². The summed E-state index contributed by atoms with van der Waals surface area (Å²) in [4.78, 5) is 24.2. The van der Waals surface area contributed by atoms with E-state index in [2.05, 4.69) is 5.32 Å². The summed E-state index contributed by atoms with van der Waals surface area (Å²) in [5.74, 6) is -0.260. The van der Waals surface area contributed by atoms with Gasteiger partial charge in [0.05, 0.1) is 10.4 Å². The molecular formula is C21H31N3O5S. The Morgan fingerprint density at radius 1 is 1.27 bits per heavy atom. The van der Waals surface area contributed by atoms with E-state index in [-0.39, 0.29) is 28.3 Å². The average molecular weight is 438 g/mol. The highest BCUT2D eigenvalue weighted by atomic mass is 32.2. The number of benzene rings is 1. The minimum absolute atomic E-state index is 0.0303. The Morgan fingerprint density at radius 2 is 1.97 bits per heavy atom. The number of oxazole rings is 1. The van der Waals surface area contributed by atoms with Crippen LogP contribution in [0.1, 0.15) is 52.9 Å². The third kappa shape index (κ3) is 4.78. The van der Waals surface area contributed by atoms with Crippen molar-refractivity contribution in [3.63, 3.8) is 0 Å². The fourth-order valence-electron chi connectivity index (χ4n) is 3.84. The van der Waals surface area contributed by atoms with Crippen LogP contribution < -0.4 is 11.1 Å². The number of nitrogens with one attached hydrogen (secondary N) is 1. The summed E-state index contributed by atoms with van der Waals surface area (Å²) in [7, 11) is -3.68. The van der Waals surface area contributed by atoms with Gasteiger partial charge in [0.15, 0.2) is 5.58 Å². The molecule has 8 nitrogen and oxygen atoms in total. The molecule has 1 amide bonds. The number of sulfonamides is 1. The zero-order chi connectivity index (χ0) is 21.9. The first-order valence-corrected chi connectivity index (χ1v) is 12.1. The van der Waals surface area contributed by atoms with E-state index in [4.69, 9.17) is 4.42 Å². The van der Waals surface area contributed by atoms with Gasteiger partial charge in [-0.3, -0.25) is 9.36 Å². The molecule has 0 radical (unpaired) electrons. The number of hydrogen-bond donors (Lipinski definition) is 1. The van der Waals surface area contributed by atoms with E-state index >= 15 is 0 Å². The summed E-state index contributed by atoms with van der Waals surface area (Å²) in [6.07, 6.45) is 3.39. The number of amides is 1. The van der Waals surface area contributed by atoms with E-state index < -0.39 is 15.8 Å². The minimum Gasteiger partial charge on any atom is -0.408 e. The number of carbonyl (C=O) groups is 1. The molecule has 1 aliphatic rings. The summed E-state index contributed by atoms with van der Waals surface area (Å²) >= 11 is 0. The molecule has 9 heteroatoms. The van der Waals surface area contributed by atoms with Crippen LogP contribution in [0.15, 0.2) is 32.3 Å². The molecule has 0 aliphatic carbocycles. The molecule has 1 saturated heterocycles. The molecule has 3 rings (SSSR count). The number of fused-ring (bicyclic) bond motifs is 1. The maximum Gasteiger partial charge on any atom is 0.419 e. The SMILES string of the molecule is CCCn1c(=O)oc2cc(S(=O)(=O)N3CCC(CC(=O)NC(C)CC)CC3)ccc21. The Morgan fingerprint density at radius 3 is 2.60 bits per heavy atom. The molecule has 2 heterocycles. The molecular weight excluding hydrogens is 406 g/mol. The Bertz CT molecular complexity index is 1050. The molecule has 1 aromatic carbocycles. The normalized spacial score (nSPS) is 17.3. The highest BCUT2D eigenvalue weighted by Crippen LogP contribution is 2.27. The zero-order valence-electron chi connectivity index (χ0n) is 17.9. The van der Waals surface area contributed by atoms with Gasteiger partial charge in [-0.2, -0.15) is 4.31 Å². The van der Waals surface area contributed by atoms with Crippen molar-refractivity contribution in [2.75, 3.05) is 13.1 Å². The van der Waals surface area contributed by atoms with Crippen molar-refractivity contribution in [1.82, 2.24) is 14.2 Å². The molecule has 2 aromatic rings. The molecule has 30 heavy (non-hydrogen) atoms. The van der Waals surface area contributed by atoms with E-state index in [1.165, 1.54) is 21.0 Å². The monoisotopic (exact) mass is 437 g/mol. The molecule has 1 atom stereocenters. The number of aromatic nitrogens is 1. The Labute approximate surface area is 177 Å². The predicted octanol–water partition coefficient (Wildman–Crippen LogP) is 2.71. The lowest BCUT2D eigenvalue weighted by Crippen LogP contribution is -2.40. The van der Waals surface area contributed by atoms with Gasteiger partial charge < -0.3 is 9.73 Å². The Balaban J connectivity index is 1.68. The predicted molar refractivity (Wildman–Crippen MR) is 115 cm³/mol. The lowest BCUT2D eigenvalue weighted by molar-refractivity contribution is -0.122. The van der Waals surface area contributed by atoms with E-state index in [9.17, 15) is 18.0 Å². The summed E-state index contributed by atoms with van der Waals surface area (Å²) in [5.41, 5.74) is 0.887. The van der Waals surface area contributed by atoms with Crippen molar-refractivity contribution in [3.8, 4) is 0 Å². The van der Waals surface area contributed by atoms with Crippen LogP contribution in [0.2, 0.25) is 0 Å². The van der Waals surface area contributed by atoms with Crippen molar-refractivity contribution >= 4 is 27.0 Å². The highest BCUT2D eigenvalue weighted by Gasteiger charge is 2.31. The van der Waals surface area contributed by atoms with Crippen LogP contribution in [0.5, 0.6) is 0 Å². The van der Waals surface area contributed by atoms with Gasteiger partial charge in [0.1, 0.15) is 0 Å². The second-order valence-corrected chi connectivity index (χ2v) is 10.0. The minimum atomic E-state index is -3.68. The topological polar surface area (TPSA) is 102 Å². The molecule has 1 aliphatic heterocycles. The summed E-state index contributed by atoms with van der Waals surface area (Å²) in [6, 6.07) is 4.75. The van der Waals surface area contributed by atoms with Gasteiger partial charge in [0.2, 0.25) is 15.9 Å². The highest BCUT2D eigenvalue weighted by molar-refractivity contribution is 7.89. The van der Waals surface area contributed by atoms with E-state index in [0.717, 1.165) is 12.8 Å². The molecule has 0 bridgehead atoms. The van der Waals surface area contributed by atoms with Crippen LogP contribution in [0.4, 0.5) is 0 Å². The van der Waals surface area contributed by atoms with Crippen LogP contribution in [0.25, 0.3) is 11.1 Å². The van der Waals surface area contributed by atoms with Crippen molar-refractivity contribution in [1.29, 1.82) is 0 Å². The van der Waals surface area contributed by atoms with Gasteiger partial charge in [0, 0.05) is 38.2 Å². The number of carbonyl (C=O) groups excluding carboxylic acids is 1. The van der Waals surface area contributed by atoms with Gasteiger partial charge in [-0.05, 0) is 50.7 Å². The average Bonchev–Trinajstić information content (AvgIpc) is 3.03. The van der Waals surface area contributed by atoms with E-state index in [0.29, 0.717) is 44.4 Å². The first kappa shape index (κ1) is 22.6. The fourth-order valence-corrected chi connectivity index (χ4v) is 5.33. The summed E-state index contributed by atoms with van der Waals surface area (Å²) in [5, 5.41) is 2.97. The molecule has 0 spiro atoms. The number of aryl methyl sites for hydroxylation is 1. The standard InChI is InChI=1S/C21H31N3O5S/c1-4-10-24-18-7-6-17(14-19(18)29-21(24)26)30(27,28)23-11-8-16(9-12-23)13-20(25)22-15(3)5-2/h6-7,14-16H,4-5,8-13H2,1-3H3,(H,22,25). The molecule has 0 saturated carbocycles. The lowest BCUT2D eigenvalue weighted by Gasteiger charge is -2.31. The smallest absolute Gasteiger partial charge is 0.408 e. The molecule has 1 aromatic heterocycles. The number of rotatable bonds is 8. The van der Waals surface area contributed by atoms with E-state index in [1.807, 2.05) is 20.8 Å². The Kier molecular flexibility index (Phi) is 7.02. The number of nitrogens with zero attached hydrogens (tertiary/aromatic N) is 2. The summed E-state index contributed by atoms with van der Waals surface area (Å²) < 4.78 is 34.4. The first-order valence-electron chi connectivity index (χ1n) is 10.7. The number of piperidine rings is 1. The van der Waals surface area contributed by atoms with Crippen LogP contribution in [-0.2, 0) is 21.4 Å². The zero-order valence-corrected chi connectivity index (χ0v) is 18.7. The first-order chi connectivity index (χ1) is 14.3. The van der Waals surface area contributed by atoms with Gasteiger partial charge in [-0.25, -0.2) is 13.2 Å². The van der Waals surface area contributed by atoms with Crippen LogP contribution in [0, 0.1) is 5.92 Å². The quantitative estimate of drug-likeness (QED) is 0.684. The maximum atomic E-state index is 13.1. The van der Waals surface area contributed by atoms with Gasteiger partial charge in [0.25, 0.3) is 0 Å². The van der Waals surface area contributed by atoms with E-state index in [1.54, 1.807) is 6.07 Å².